The zero-order valence-corrected chi connectivity index (χ0v) is 18.6. The molecule has 7 nitrogen and oxygen atoms in total. The summed E-state index contributed by atoms with van der Waals surface area (Å²) in [6, 6.07) is 10.7. The van der Waals surface area contributed by atoms with Crippen LogP contribution < -0.4 is 16.4 Å². The third-order valence-corrected chi connectivity index (χ3v) is 6.23. The molecule has 0 radical (unpaired) electrons. The third-order valence-electron chi connectivity index (χ3n) is 4.29. The molecule has 0 spiro atoms. The molecule has 3 aromatic rings. The number of fused-ring (bicyclic) bond motifs is 1. The molecular formula is C19H19BrN4O3S2. The Morgan fingerprint density at radius 2 is 1.90 bits per heavy atom. The van der Waals surface area contributed by atoms with Crippen molar-refractivity contribution in [3.63, 3.8) is 0 Å². The fourth-order valence-electron chi connectivity index (χ4n) is 2.82. The minimum absolute atomic E-state index is 0.106. The Labute approximate surface area is 184 Å². The smallest absolute Gasteiger partial charge is 0.279 e. The molecule has 2 amide bonds. The molecule has 2 aromatic heterocycles. The van der Waals surface area contributed by atoms with Crippen LogP contribution in [-0.2, 0) is 11.3 Å². The van der Waals surface area contributed by atoms with E-state index in [2.05, 4.69) is 31.8 Å². The van der Waals surface area contributed by atoms with E-state index in [0.717, 1.165) is 22.1 Å². The SMILES string of the molecule is O=C(CCCCCn1c(=S)[nH]c2ccccc2c1=O)NNC(=O)c1ccc(Br)s1. The van der Waals surface area contributed by atoms with Gasteiger partial charge in [0.1, 0.15) is 0 Å². The summed E-state index contributed by atoms with van der Waals surface area (Å²) in [4.78, 5) is 39.9. The van der Waals surface area contributed by atoms with Gasteiger partial charge in [-0.05, 0) is 65.3 Å². The Bertz CT molecular complexity index is 1150. The van der Waals surface area contributed by atoms with Crippen LogP contribution >= 0.6 is 39.5 Å². The highest BCUT2D eigenvalue weighted by atomic mass is 79.9. The highest BCUT2D eigenvalue weighted by molar-refractivity contribution is 9.11. The van der Waals surface area contributed by atoms with E-state index in [9.17, 15) is 14.4 Å². The maximum atomic E-state index is 12.6. The van der Waals surface area contributed by atoms with Crippen molar-refractivity contribution in [1.29, 1.82) is 0 Å². The van der Waals surface area contributed by atoms with Gasteiger partial charge in [0.2, 0.25) is 5.91 Å². The average molecular weight is 495 g/mol. The van der Waals surface area contributed by atoms with Crippen LogP contribution in [-0.4, -0.2) is 21.4 Å². The number of rotatable bonds is 7. The van der Waals surface area contributed by atoms with Crippen molar-refractivity contribution in [2.75, 3.05) is 0 Å². The Morgan fingerprint density at radius 3 is 2.66 bits per heavy atom. The Morgan fingerprint density at radius 1 is 1.10 bits per heavy atom. The predicted octanol–water partition coefficient (Wildman–Crippen LogP) is 3.90. The molecule has 0 aliphatic rings. The van der Waals surface area contributed by atoms with Gasteiger partial charge in [-0.3, -0.25) is 29.8 Å². The van der Waals surface area contributed by atoms with Gasteiger partial charge in [-0.15, -0.1) is 11.3 Å². The summed E-state index contributed by atoms with van der Waals surface area (Å²) in [5, 5.41) is 0.606. The highest BCUT2D eigenvalue weighted by Gasteiger charge is 2.10. The number of nitrogens with zero attached hydrogens (tertiary/aromatic N) is 1. The molecule has 0 atom stereocenters. The van der Waals surface area contributed by atoms with Crippen LogP contribution in [0.2, 0.25) is 0 Å². The van der Waals surface area contributed by atoms with Crippen LogP contribution in [0.1, 0.15) is 35.4 Å². The first-order valence-electron chi connectivity index (χ1n) is 9.02. The lowest BCUT2D eigenvalue weighted by atomic mass is 10.2. The zero-order valence-electron chi connectivity index (χ0n) is 15.4. The van der Waals surface area contributed by atoms with Gasteiger partial charge in [0.15, 0.2) is 4.77 Å². The second-order valence-corrected chi connectivity index (χ2v) is 9.20. The number of nitrogens with one attached hydrogen (secondary N) is 3. The van der Waals surface area contributed by atoms with Crippen molar-refractivity contribution in [2.24, 2.45) is 0 Å². The molecule has 29 heavy (non-hydrogen) atoms. The lowest BCUT2D eigenvalue weighted by Crippen LogP contribution is -2.41. The lowest BCUT2D eigenvalue weighted by Gasteiger charge is -2.08. The number of thiophene rings is 1. The monoisotopic (exact) mass is 494 g/mol. The summed E-state index contributed by atoms with van der Waals surface area (Å²) in [6.45, 7) is 0.491. The number of H-pyrrole nitrogens is 1. The summed E-state index contributed by atoms with van der Waals surface area (Å²) in [7, 11) is 0. The highest BCUT2D eigenvalue weighted by Crippen LogP contribution is 2.21. The molecule has 0 aliphatic heterocycles. The number of amides is 2. The summed E-state index contributed by atoms with van der Waals surface area (Å²) < 4.78 is 2.80. The van der Waals surface area contributed by atoms with Gasteiger partial charge in [-0.25, -0.2) is 0 Å². The minimum atomic E-state index is -0.348. The van der Waals surface area contributed by atoms with Gasteiger partial charge in [-0.1, -0.05) is 18.6 Å². The summed E-state index contributed by atoms with van der Waals surface area (Å²) in [5.74, 6) is -0.604. The standard InChI is InChI=1S/C19H19BrN4O3S2/c20-15-10-9-14(29-15)17(26)23-22-16(25)8-2-1-5-11-24-18(27)12-6-3-4-7-13(12)21-19(24)28/h3-4,6-7,9-10H,1-2,5,8,11H2,(H,21,28)(H,22,25)(H,23,26). The first-order chi connectivity index (χ1) is 14.0. The third kappa shape index (κ3) is 5.62. The van der Waals surface area contributed by atoms with Crippen LogP contribution in [0, 0.1) is 4.77 Å². The van der Waals surface area contributed by atoms with Crippen molar-refractivity contribution >= 4 is 62.2 Å². The maximum Gasteiger partial charge on any atom is 0.279 e. The van der Waals surface area contributed by atoms with Gasteiger partial charge >= 0.3 is 0 Å². The molecule has 0 unspecified atom stereocenters. The first kappa shape index (κ1) is 21.4. The zero-order chi connectivity index (χ0) is 20.8. The van der Waals surface area contributed by atoms with Crippen molar-refractivity contribution in [3.8, 4) is 0 Å². The Kier molecular flexibility index (Phi) is 7.34. The minimum Gasteiger partial charge on any atom is -0.332 e. The van der Waals surface area contributed by atoms with Gasteiger partial charge in [0, 0.05) is 13.0 Å². The van der Waals surface area contributed by atoms with E-state index in [0.29, 0.717) is 28.0 Å². The number of unbranched alkanes of at least 4 members (excludes halogenated alkanes) is 2. The van der Waals surface area contributed by atoms with Crippen molar-refractivity contribution in [1.82, 2.24) is 20.4 Å². The van der Waals surface area contributed by atoms with Crippen LogP contribution in [0.15, 0.2) is 45.0 Å². The van der Waals surface area contributed by atoms with Crippen LogP contribution in [0.25, 0.3) is 10.9 Å². The molecule has 0 saturated carbocycles. The van der Waals surface area contributed by atoms with Gasteiger partial charge in [0.05, 0.1) is 19.6 Å². The second kappa shape index (κ2) is 9.95. The average Bonchev–Trinajstić information content (AvgIpc) is 3.14. The molecule has 0 fully saturated rings. The van der Waals surface area contributed by atoms with Crippen LogP contribution in [0.5, 0.6) is 0 Å². The number of hydrogen-bond acceptors (Lipinski definition) is 5. The molecule has 0 bridgehead atoms. The molecule has 0 saturated heterocycles. The molecule has 2 heterocycles. The number of halogens is 1. The summed E-state index contributed by atoms with van der Waals surface area (Å²) >= 11 is 9.86. The van der Waals surface area contributed by atoms with Gasteiger partial charge < -0.3 is 4.98 Å². The summed E-state index contributed by atoms with van der Waals surface area (Å²) in [5.41, 5.74) is 5.43. The van der Waals surface area contributed by atoms with Crippen molar-refractivity contribution in [2.45, 2.75) is 32.2 Å². The predicted molar refractivity (Wildman–Crippen MR) is 119 cm³/mol. The van der Waals surface area contributed by atoms with E-state index in [4.69, 9.17) is 12.2 Å². The van der Waals surface area contributed by atoms with E-state index in [1.54, 1.807) is 22.8 Å². The molecule has 10 heteroatoms. The fourth-order valence-corrected chi connectivity index (χ4v) is 4.39. The van der Waals surface area contributed by atoms with Crippen LogP contribution in [0.4, 0.5) is 0 Å². The van der Waals surface area contributed by atoms with E-state index in [-0.39, 0.29) is 23.8 Å². The van der Waals surface area contributed by atoms with E-state index in [1.807, 2.05) is 18.2 Å². The molecule has 1 aromatic carbocycles. The quantitative estimate of drug-likeness (QED) is 0.263. The first-order valence-corrected chi connectivity index (χ1v) is 11.0. The largest absolute Gasteiger partial charge is 0.332 e. The molecule has 152 valence electrons. The molecule has 3 N–H and O–H groups in total. The molecule has 3 rings (SSSR count). The second-order valence-electron chi connectivity index (χ2n) is 6.35. The number of carbonyl (C=O) groups is 2. The topological polar surface area (TPSA) is 96.0 Å². The van der Waals surface area contributed by atoms with E-state index >= 15 is 0 Å². The van der Waals surface area contributed by atoms with Crippen LogP contribution in [0.3, 0.4) is 0 Å². The Hall–Kier alpha value is -2.30. The number of para-hydroxylation sites is 1. The normalized spacial score (nSPS) is 10.8. The fraction of sp³-hybridized carbons (Fsp3) is 0.263. The number of aromatic nitrogens is 2. The number of hydrazine groups is 1. The van der Waals surface area contributed by atoms with Crippen molar-refractivity contribution in [3.05, 3.63) is 60.2 Å². The Balaban J connectivity index is 1.41. The number of carbonyl (C=O) groups excluding carboxylic acids is 2. The summed E-state index contributed by atoms with van der Waals surface area (Å²) in [6.07, 6.45) is 2.41. The van der Waals surface area contributed by atoms with Gasteiger partial charge in [-0.2, -0.15) is 0 Å². The van der Waals surface area contributed by atoms with Gasteiger partial charge in [0.25, 0.3) is 11.5 Å². The van der Waals surface area contributed by atoms with E-state index in [1.165, 1.54) is 11.3 Å². The number of aromatic amines is 1. The lowest BCUT2D eigenvalue weighted by molar-refractivity contribution is -0.122. The van der Waals surface area contributed by atoms with Crippen molar-refractivity contribution < 1.29 is 9.59 Å². The number of benzene rings is 1. The molecule has 0 aliphatic carbocycles. The van der Waals surface area contributed by atoms with E-state index < -0.39 is 0 Å². The maximum absolute atomic E-state index is 12.6. The molecular weight excluding hydrogens is 476 g/mol. The number of hydrogen-bond donors (Lipinski definition) is 3.